The molecule has 7 nitrogen and oxygen atoms in total. The molecule has 0 aromatic heterocycles. The molecule has 1 heterocycles. The summed E-state index contributed by atoms with van der Waals surface area (Å²) in [6.07, 6.45) is 0.510. The largest absolute Gasteiger partial charge is 0.497 e. The fourth-order valence-electron chi connectivity index (χ4n) is 4.02. The van der Waals surface area contributed by atoms with Gasteiger partial charge in [0.15, 0.2) is 5.11 Å². The summed E-state index contributed by atoms with van der Waals surface area (Å²) in [5.41, 5.74) is 2.08. The number of nitrogens with one attached hydrogen (secondary N) is 1. The predicted molar refractivity (Wildman–Crippen MR) is 140 cm³/mol. The van der Waals surface area contributed by atoms with Crippen LogP contribution in [0.25, 0.3) is 0 Å². The molecule has 36 heavy (non-hydrogen) atoms. The minimum absolute atomic E-state index is 0.0920. The van der Waals surface area contributed by atoms with E-state index in [0.29, 0.717) is 30.1 Å². The number of thiocarbonyl (C=S) groups is 1. The molecule has 1 aliphatic rings. The smallest absolute Gasteiger partial charge is 0.256 e. The Balaban J connectivity index is 1.53. The molecule has 1 unspecified atom stereocenters. The monoisotopic (exact) mass is 507 g/mol. The molecular weight excluding hydrogens is 481 g/mol. The zero-order chi connectivity index (χ0) is 25.7. The summed E-state index contributed by atoms with van der Waals surface area (Å²) in [6.45, 7) is 0.426. The second-order valence-corrected chi connectivity index (χ2v) is 8.59. The van der Waals surface area contributed by atoms with Crippen molar-refractivity contribution in [3.05, 3.63) is 84.2 Å². The number of hydrogen-bond acceptors (Lipinski definition) is 5. The summed E-state index contributed by atoms with van der Waals surface area (Å²) in [6, 6.07) is 19.3. The van der Waals surface area contributed by atoms with E-state index in [9.17, 15) is 14.0 Å². The van der Waals surface area contributed by atoms with Crippen LogP contribution in [0.2, 0.25) is 0 Å². The van der Waals surface area contributed by atoms with Crippen LogP contribution in [0.5, 0.6) is 11.5 Å². The van der Waals surface area contributed by atoms with E-state index in [1.165, 1.54) is 29.2 Å². The number of benzene rings is 3. The highest BCUT2D eigenvalue weighted by molar-refractivity contribution is 7.80. The van der Waals surface area contributed by atoms with Crippen LogP contribution in [-0.4, -0.2) is 48.6 Å². The number of methoxy groups -OCH3 is 2. The lowest BCUT2D eigenvalue weighted by Crippen LogP contribution is -2.39. The van der Waals surface area contributed by atoms with Gasteiger partial charge in [-0.1, -0.05) is 12.1 Å². The molecule has 0 radical (unpaired) electrons. The number of ether oxygens (including phenoxy) is 2. The number of carbonyl (C=O) groups is 2. The molecule has 0 spiro atoms. The van der Waals surface area contributed by atoms with E-state index in [0.717, 1.165) is 11.3 Å². The highest BCUT2D eigenvalue weighted by Crippen LogP contribution is 2.28. The quantitative estimate of drug-likeness (QED) is 0.433. The Morgan fingerprint density at radius 2 is 1.53 bits per heavy atom. The zero-order valence-electron chi connectivity index (χ0n) is 19.9. The molecule has 3 aromatic rings. The Morgan fingerprint density at radius 1 is 0.944 bits per heavy atom. The average Bonchev–Trinajstić information content (AvgIpc) is 3.12. The molecule has 3 aromatic carbocycles. The number of rotatable bonds is 9. The van der Waals surface area contributed by atoms with Crippen LogP contribution < -0.4 is 19.7 Å². The second kappa shape index (κ2) is 11.2. The summed E-state index contributed by atoms with van der Waals surface area (Å²) >= 11 is 5.67. The van der Waals surface area contributed by atoms with Crippen molar-refractivity contribution in [3.8, 4) is 11.5 Å². The van der Waals surface area contributed by atoms with Crippen molar-refractivity contribution >= 4 is 40.5 Å². The maximum Gasteiger partial charge on any atom is 0.256 e. The van der Waals surface area contributed by atoms with Gasteiger partial charge in [0, 0.05) is 12.2 Å². The predicted octanol–water partition coefficient (Wildman–Crippen LogP) is 4.42. The van der Waals surface area contributed by atoms with E-state index < -0.39 is 11.9 Å². The highest BCUT2D eigenvalue weighted by Gasteiger charge is 2.43. The fraction of sp³-hybridized carbons (Fsp3) is 0.222. The van der Waals surface area contributed by atoms with Gasteiger partial charge in [0.05, 0.1) is 26.3 Å². The number of nitrogens with zero attached hydrogens (tertiary/aromatic N) is 2. The first-order chi connectivity index (χ1) is 17.4. The molecule has 1 fully saturated rings. The van der Waals surface area contributed by atoms with Crippen molar-refractivity contribution < 1.29 is 23.5 Å². The topological polar surface area (TPSA) is 71.1 Å². The van der Waals surface area contributed by atoms with E-state index >= 15 is 0 Å². The summed E-state index contributed by atoms with van der Waals surface area (Å²) < 4.78 is 23.9. The number of halogens is 1. The normalized spacial score (nSPS) is 15.2. The van der Waals surface area contributed by atoms with Gasteiger partial charge in [-0.25, -0.2) is 4.39 Å². The third-order valence-electron chi connectivity index (χ3n) is 5.96. The Morgan fingerprint density at radius 3 is 2.11 bits per heavy atom. The maximum atomic E-state index is 13.5. The SMILES string of the molecule is COc1ccc(CCN2C(=S)N(c3ccc(F)cc3)C(=O)C2CC(=O)Nc2ccc(OC)cc2)cc1. The van der Waals surface area contributed by atoms with Crippen LogP contribution >= 0.6 is 12.2 Å². The first-order valence-corrected chi connectivity index (χ1v) is 11.8. The molecule has 1 N–H and O–H groups in total. The van der Waals surface area contributed by atoms with Crippen LogP contribution in [0.15, 0.2) is 72.8 Å². The van der Waals surface area contributed by atoms with Gasteiger partial charge in [-0.05, 0) is 84.9 Å². The van der Waals surface area contributed by atoms with Crippen LogP contribution in [0.1, 0.15) is 12.0 Å². The summed E-state index contributed by atoms with van der Waals surface area (Å²) in [7, 11) is 3.17. The zero-order valence-corrected chi connectivity index (χ0v) is 20.8. The van der Waals surface area contributed by atoms with E-state index in [1.54, 1.807) is 43.4 Å². The molecule has 0 bridgehead atoms. The minimum atomic E-state index is -0.793. The first-order valence-electron chi connectivity index (χ1n) is 11.4. The second-order valence-electron chi connectivity index (χ2n) is 8.22. The number of anilines is 2. The van der Waals surface area contributed by atoms with Crippen molar-refractivity contribution in [3.63, 3.8) is 0 Å². The lowest BCUT2D eigenvalue weighted by Gasteiger charge is -2.24. The van der Waals surface area contributed by atoms with Crippen LogP contribution in [0.4, 0.5) is 15.8 Å². The standard InChI is InChI=1S/C27H26FN3O4S/c1-34-22-11-3-18(4-12-22)15-16-30-24(17-25(32)29-20-7-13-23(35-2)14-8-20)26(33)31(27(30)36)21-9-5-19(28)6-10-21/h3-14,24H,15-17H2,1-2H3,(H,29,32). The molecule has 1 saturated heterocycles. The van der Waals surface area contributed by atoms with E-state index in [1.807, 2.05) is 24.3 Å². The number of amides is 2. The number of carbonyl (C=O) groups excluding carboxylic acids is 2. The van der Waals surface area contributed by atoms with Gasteiger partial charge in [0.1, 0.15) is 23.4 Å². The van der Waals surface area contributed by atoms with Gasteiger partial charge in [0.25, 0.3) is 5.91 Å². The lowest BCUT2D eigenvalue weighted by molar-refractivity contribution is -0.124. The van der Waals surface area contributed by atoms with Gasteiger partial charge in [-0.3, -0.25) is 14.5 Å². The highest BCUT2D eigenvalue weighted by atomic mass is 32.1. The van der Waals surface area contributed by atoms with Crippen LogP contribution in [0.3, 0.4) is 0 Å². The van der Waals surface area contributed by atoms with Gasteiger partial charge in [-0.2, -0.15) is 0 Å². The van der Waals surface area contributed by atoms with Gasteiger partial charge in [-0.15, -0.1) is 0 Å². The third-order valence-corrected chi connectivity index (χ3v) is 6.37. The Bertz CT molecular complexity index is 1230. The third kappa shape index (κ3) is 5.63. The molecule has 4 rings (SSSR count). The van der Waals surface area contributed by atoms with E-state index in [4.69, 9.17) is 21.7 Å². The molecule has 1 atom stereocenters. The molecular formula is C27H26FN3O4S. The van der Waals surface area contributed by atoms with E-state index in [2.05, 4.69) is 5.32 Å². The molecule has 0 saturated carbocycles. The first kappa shape index (κ1) is 25.1. The van der Waals surface area contributed by atoms with Crippen molar-refractivity contribution in [1.29, 1.82) is 0 Å². The number of hydrogen-bond donors (Lipinski definition) is 1. The van der Waals surface area contributed by atoms with Gasteiger partial charge < -0.3 is 19.7 Å². The molecule has 0 aliphatic carbocycles. The maximum absolute atomic E-state index is 13.5. The van der Waals surface area contributed by atoms with Crippen molar-refractivity contribution in [2.45, 2.75) is 18.9 Å². The van der Waals surface area contributed by atoms with Crippen LogP contribution in [-0.2, 0) is 16.0 Å². The summed E-state index contributed by atoms with van der Waals surface area (Å²) in [5, 5.41) is 3.11. The Labute approximate surface area is 214 Å². The molecule has 9 heteroatoms. The van der Waals surface area contributed by atoms with Gasteiger partial charge in [0.2, 0.25) is 5.91 Å². The average molecular weight is 508 g/mol. The van der Waals surface area contributed by atoms with E-state index in [-0.39, 0.29) is 23.3 Å². The lowest BCUT2D eigenvalue weighted by atomic mass is 10.1. The van der Waals surface area contributed by atoms with Crippen molar-refractivity contribution in [2.75, 3.05) is 31.0 Å². The Kier molecular flexibility index (Phi) is 7.80. The fourth-order valence-corrected chi connectivity index (χ4v) is 4.43. The minimum Gasteiger partial charge on any atom is -0.497 e. The van der Waals surface area contributed by atoms with Crippen molar-refractivity contribution in [1.82, 2.24) is 4.90 Å². The Hall–Kier alpha value is -3.98. The van der Waals surface area contributed by atoms with Gasteiger partial charge >= 0.3 is 0 Å². The van der Waals surface area contributed by atoms with Crippen molar-refractivity contribution in [2.24, 2.45) is 0 Å². The molecule has 186 valence electrons. The molecule has 1 aliphatic heterocycles. The molecule has 2 amide bonds. The summed E-state index contributed by atoms with van der Waals surface area (Å²) in [5.74, 6) is 0.358. The van der Waals surface area contributed by atoms with Crippen LogP contribution in [0, 0.1) is 5.82 Å². The summed E-state index contributed by atoms with van der Waals surface area (Å²) in [4.78, 5) is 29.5.